The highest BCUT2D eigenvalue weighted by atomic mass is 19.1. The molecule has 1 aliphatic rings. The number of halogens is 2. The molecule has 0 unspecified atom stereocenters. The lowest BCUT2D eigenvalue weighted by Crippen LogP contribution is -2.13. The number of aryl methyl sites for hydroxylation is 1. The first-order chi connectivity index (χ1) is 15.5. The van der Waals surface area contributed by atoms with E-state index in [1.165, 1.54) is 12.1 Å². The molecule has 2 heterocycles. The number of hydrogen-bond donors (Lipinski definition) is 3. The number of fused-ring (bicyclic) bond motifs is 1. The van der Waals surface area contributed by atoms with Gasteiger partial charge in [0.2, 0.25) is 0 Å². The van der Waals surface area contributed by atoms with E-state index in [4.69, 9.17) is 0 Å². The number of nitrogens with one attached hydrogen (secondary N) is 3. The standard InChI is InChI=1S/C25H20F2N4O/c1-14-11-29-24(31-14)19-9-8-17(20-13-30-25(32)23(19)20)18-7-6-16(10-22(18)27)28-12-15-4-2-3-5-21(15)26/h2-11,28H,12-13H2,1H3,(H,29,31)(H,30,32). The Morgan fingerprint density at radius 1 is 1.00 bits per heavy atom. The Kier molecular flexibility index (Phi) is 4.93. The molecule has 0 spiro atoms. The fraction of sp³-hybridized carbons (Fsp3) is 0.120. The van der Waals surface area contributed by atoms with E-state index in [0.29, 0.717) is 45.9 Å². The number of amides is 1. The van der Waals surface area contributed by atoms with Gasteiger partial charge in [-0.05, 0) is 48.4 Å². The van der Waals surface area contributed by atoms with Crippen molar-refractivity contribution < 1.29 is 13.6 Å². The number of aromatic nitrogens is 2. The van der Waals surface area contributed by atoms with Gasteiger partial charge in [0, 0.05) is 41.7 Å². The molecule has 5 rings (SSSR count). The molecule has 0 atom stereocenters. The zero-order valence-corrected chi connectivity index (χ0v) is 17.3. The first kappa shape index (κ1) is 19.9. The lowest BCUT2D eigenvalue weighted by molar-refractivity contribution is 0.0966. The minimum Gasteiger partial charge on any atom is -0.381 e. The van der Waals surface area contributed by atoms with Crippen LogP contribution in [0.2, 0.25) is 0 Å². The molecular weight excluding hydrogens is 410 g/mol. The highest BCUT2D eigenvalue weighted by Gasteiger charge is 2.28. The summed E-state index contributed by atoms with van der Waals surface area (Å²) in [6.45, 7) is 2.44. The maximum absolute atomic E-state index is 15.1. The molecule has 1 aliphatic heterocycles. The largest absolute Gasteiger partial charge is 0.381 e. The number of carbonyl (C=O) groups excluding carboxylic acids is 1. The molecule has 0 saturated heterocycles. The average Bonchev–Trinajstić information content (AvgIpc) is 3.39. The smallest absolute Gasteiger partial charge is 0.252 e. The number of nitrogens with zero attached hydrogens (tertiary/aromatic N) is 1. The van der Waals surface area contributed by atoms with E-state index < -0.39 is 5.82 Å². The minimum atomic E-state index is -0.424. The van der Waals surface area contributed by atoms with Gasteiger partial charge in [-0.15, -0.1) is 0 Å². The van der Waals surface area contributed by atoms with Crippen molar-refractivity contribution in [2.75, 3.05) is 5.32 Å². The van der Waals surface area contributed by atoms with Gasteiger partial charge in [0.15, 0.2) is 0 Å². The predicted molar refractivity (Wildman–Crippen MR) is 119 cm³/mol. The molecule has 1 amide bonds. The number of anilines is 1. The van der Waals surface area contributed by atoms with E-state index in [9.17, 15) is 9.18 Å². The molecule has 160 valence electrons. The molecule has 4 aromatic rings. The van der Waals surface area contributed by atoms with Crippen LogP contribution in [0.5, 0.6) is 0 Å². The fourth-order valence-corrected chi connectivity index (χ4v) is 4.03. The Hall–Kier alpha value is -4.00. The molecule has 7 heteroatoms. The van der Waals surface area contributed by atoms with Gasteiger partial charge in [0.25, 0.3) is 5.91 Å². The Bertz CT molecular complexity index is 1350. The van der Waals surface area contributed by atoms with Crippen LogP contribution in [0.4, 0.5) is 14.5 Å². The molecule has 0 aliphatic carbocycles. The van der Waals surface area contributed by atoms with Gasteiger partial charge in [-0.2, -0.15) is 0 Å². The number of aromatic amines is 1. The van der Waals surface area contributed by atoms with Crippen LogP contribution in [0.15, 0.2) is 60.8 Å². The summed E-state index contributed by atoms with van der Waals surface area (Å²) in [5.41, 5.74) is 4.87. The van der Waals surface area contributed by atoms with Crippen molar-refractivity contribution in [1.29, 1.82) is 0 Å². The van der Waals surface area contributed by atoms with Crippen molar-refractivity contribution in [1.82, 2.24) is 15.3 Å². The maximum atomic E-state index is 15.1. The summed E-state index contributed by atoms with van der Waals surface area (Å²) in [5, 5.41) is 5.89. The van der Waals surface area contributed by atoms with Crippen molar-refractivity contribution in [3.8, 4) is 22.5 Å². The van der Waals surface area contributed by atoms with Crippen LogP contribution < -0.4 is 10.6 Å². The van der Waals surface area contributed by atoms with Crippen LogP contribution in [0.1, 0.15) is 27.2 Å². The molecule has 0 fully saturated rings. The molecule has 1 aromatic heterocycles. The second-order valence-electron chi connectivity index (χ2n) is 7.73. The third-order valence-corrected chi connectivity index (χ3v) is 5.63. The number of H-pyrrole nitrogens is 1. The summed E-state index contributed by atoms with van der Waals surface area (Å²) in [7, 11) is 0. The third kappa shape index (κ3) is 3.51. The summed E-state index contributed by atoms with van der Waals surface area (Å²) in [5.74, 6) is -0.326. The van der Waals surface area contributed by atoms with Crippen LogP contribution in [-0.2, 0) is 13.1 Å². The summed E-state index contributed by atoms with van der Waals surface area (Å²) in [4.78, 5) is 20.1. The Morgan fingerprint density at radius 2 is 1.78 bits per heavy atom. The van der Waals surface area contributed by atoms with Crippen LogP contribution in [0.3, 0.4) is 0 Å². The molecule has 3 aromatic carbocycles. The van der Waals surface area contributed by atoms with Gasteiger partial charge in [-0.3, -0.25) is 4.79 Å². The predicted octanol–water partition coefficient (Wildman–Crippen LogP) is 5.19. The summed E-state index contributed by atoms with van der Waals surface area (Å²) in [6.07, 6.45) is 1.77. The van der Waals surface area contributed by atoms with E-state index in [-0.39, 0.29) is 18.3 Å². The van der Waals surface area contributed by atoms with Gasteiger partial charge >= 0.3 is 0 Å². The molecule has 0 radical (unpaired) electrons. The molecule has 5 nitrogen and oxygen atoms in total. The number of carbonyl (C=O) groups is 1. The fourth-order valence-electron chi connectivity index (χ4n) is 4.03. The molecule has 0 bridgehead atoms. The summed E-state index contributed by atoms with van der Waals surface area (Å²) >= 11 is 0. The molecule has 32 heavy (non-hydrogen) atoms. The second kappa shape index (κ2) is 7.92. The molecular formula is C25H20F2N4O. The number of hydrogen-bond acceptors (Lipinski definition) is 3. The highest BCUT2D eigenvalue weighted by Crippen LogP contribution is 2.36. The molecule has 0 saturated carbocycles. The van der Waals surface area contributed by atoms with Crippen molar-refractivity contribution in [3.05, 3.63) is 94.8 Å². The second-order valence-corrected chi connectivity index (χ2v) is 7.73. The van der Waals surface area contributed by atoms with Crippen LogP contribution in [0.25, 0.3) is 22.5 Å². The monoisotopic (exact) mass is 430 g/mol. The first-order valence-electron chi connectivity index (χ1n) is 10.2. The van der Waals surface area contributed by atoms with Crippen molar-refractivity contribution in [2.24, 2.45) is 0 Å². The number of benzene rings is 3. The third-order valence-electron chi connectivity index (χ3n) is 5.63. The van der Waals surface area contributed by atoms with Crippen molar-refractivity contribution in [3.63, 3.8) is 0 Å². The Labute approximate surface area is 183 Å². The first-order valence-corrected chi connectivity index (χ1v) is 10.2. The van der Waals surface area contributed by atoms with E-state index in [1.807, 2.05) is 13.0 Å². The number of rotatable bonds is 5. The van der Waals surface area contributed by atoms with E-state index >= 15 is 4.39 Å². The highest BCUT2D eigenvalue weighted by molar-refractivity contribution is 6.06. The normalized spacial score (nSPS) is 12.5. The zero-order chi connectivity index (χ0) is 22.2. The lowest BCUT2D eigenvalue weighted by Gasteiger charge is -2.13. The summed E-state index contributed by atoms with van der Waals surface area (Å²) in [6, 6.07) is 14.9. The molecule has 3 N–H and O–H groups in total. The van der Waals surface area contributed by atoms with E-state index in [1.54, 1.807) is 42.6 Å². The van der Waals surface area contributed by atoms with Crippen LogP contribution in [0, 0.1) is 18.6 Å². The topological polar surface area (TPSA) is 69.8 Å². The Balaban J connectivity index is 1.47. The zero-order valence-electron chi connectivity index (χ0n) is 17.3. The quantitative estimate of drug-likeness (QED) is 0.408. The van der Waals surface area contributed by atoms with E-state index in [0.717, 1.165) is 11.3 Å². The SMILES string of the molecule is Cc1c[nH]c(-c2ccc(-c3ccc(NCc4ccccc4F)cc3F)c3c2C(=O)NC3)n1. The van der Waals surface area contributed by atoms with Crippen LogP contribution in [-0.4, -0.2) is 15.9 Å². The van der Waals surface area contributed by atoms with Crippen molar-refractivity contribution in [2.45, 2.75) is 20.0 Å². The van der Waals surface area contributed by atoms with Crippen molar-refractivity contribution >= 4 is 11.6 Å². The minimum absolute atomic E-state index is 0.200. The maximum Gasteiger partial charge on any atom is 0.252 e. The van der Waals surface area contributed by atoms with Gasteiger partial charge in [-0.25, -0.2) is 13.8 Å². The van der Waals surface area contributed by atoms with Gasteiger partial charge in [0.05, 0.1) is 11.3 Å². The van der Waals surface area contributed by atoms with Gasteiger partial charge in [-0.1, -0.05) is 24.3 Å². The summed E-state index contributed by atoms with van der Waals surface area (Å²) < 4.78 is 28.9. The number of imidazole rings is 1. The van der Waals surface area contributed by atoms with Gasteiger partial charge < -0.3 is 15.6 Å². The van der Waals surface area contributed by atoms with Gasteiger partial charge in [0.1, 0.15) is 17.5 Å². The van der Waals surface area contributed by atoms with Crippen LogP contribution >= 0.6 is 0 Å². The lowest BCUT2D eigenvalue weighted by atomic mass is 9.92. The average molecular weight is 430 g/mol. The Morgan fingerprint density at radius 3 is 2.53 bits per heavy atom. The van der Waals surface area contributed by atoms with E-state index in [2.05, 4.69) is 20.6 Å².